The molecule has 9 nitrogen and oxygen atoms in total. The van der Waals surface area contributed by atoms with Crippen LogP contribution in [-0.2, 0) is 14.9 Å². The first-order chi connectivity index (χ1) is 14.4. The van der Waals surface area contributed by atoms with E-state index >= 15 is 0 Å². The molecule has 0 aliphatic carbocycles. The molecule has 0 saturated carbocycles. The molecule has 1 aliphatic rings. The first-order valence-electron chi connectivity index (χ1n) is 9.05. The van der Waals surface area contributed by atoms with Crippen LogP contribution in [0.5, 0.6) is 0 Å². The van der Waals surface area contributed by atoms with Crippen LogP contribution < -0.4 is 4.31 Å². The van der Waals surface area contributed by atoms with Crippen LogP contribution in [0, 0.1) is 6.92 Å². The molecule has 0 N–H and O–H groups in total. The van der Waals surface area contributed by atoms with Gasteiger partial charge in [-0.25, -0.2) is 22.7 Å². The number of oxime groups is 1. The van der Waals surface area contributed by atoms with Crippen molar-refractivity contribution < 1.29 is 17.7 Å². The molecule has 1 aliphatic heterocycles. The van der Waals surface area contributed by atoms with E-state index in [1.165, 1.54) is 15.6 Å². The summed E-state index contributed by atoms with van der Waals surface area (Å²) in [5, 5.41) is 4.87. The number of nitrogens with zero attached hydrogens (tertiary/aromatic N) is 5. The number of fused-ring (bicyclic) bond motifs is 1. The third-order valence-corrected chi connectivity index (χ3v) is 6.67. The van der Waals surface area contributed by atoms with Crippen LogP contribution in [0.1, 0.15) is 17.8 Å². The van der Waals surface area contributed by atoms with Gasteiger partial charge in [-0.15, -0.1) is 11.3 Å². The van der Waals surface area contributed by atoms with Crippen LogP contribution in [0.25, 0.3) is 21.3 Å². The van der Waals surface area contributed by atoms with E-state index < -0.39 is 10.0 Å². The summed E-state index contributed by atoms with van der Waals surface area (Å²) in [5.74, 6) is 0.424. The minimum Gasteiger partial charge on any atom is -0.418 e. The summed E-state index contributed by atoms with van der Waals surface area (Å²) in [6.07, 6.45) is 6.49. The fourth-order valence-electron chi connectivity index (χ4n) is 2.97. The largest absolute Gasteiger partial charge is 0.418 e. The van der Waals surface area contributed by atoms with E-state index in [2.05, 4.69) is 26.7 Å². The number of pyridine rings is 1. The Morgan fingerprint density at radius 1 is 1.43 bits per heavy atom. The zero-order valence-electron chi connectivity index (χ0n) is 16.4. The average molecular weight is 446 g/mol. The van der Waals surface area contributed by atoms with Crippen LogP contribution in [-0.4, -0.2) is 48.5 Å². The molecule has 30 heavy (non-hydrogen) atoms. The number of thiazole rings is 1. The van der Waals surface area contributed by atoms with Gasteiger partial charge in [0.2, 0.25) is 21.8 Å². The second-order valence-electron chi connectivity index (χ2n) is 6.56. The topological polar surface area (TPSA) is 111 Å². The van der Waals surface area contributed by atoms with Crippen molar-refractivity contribution in [3.05, 3.63) is 48.6 Å². The Morgan fingerprint density at radius 3 is 2.97 bits per heavy atom. The van der Waals surface area contributed by atoms with Gasteiger partial charge in [0.25, 0.3) is 0 Å². The Kier molecular flexibility index (Phi) is 5.39. The zero-order valence-corrected chi connectivity index (χ0v) is 18.0. The smallest absolute Gasteiger partial charge is 0.241 e. The lowest BCUT2D eigenvalue weighted by atomic mass is 10.1. The molecule has 0 bridgehead atoms. The number of hydrogen-bond donors (Lipinski definition) is 0. The summed E-state index contributed by atoms with van der Waals surface area (Å²) in [6, 6.07) is 3.76. The molecule has 0 spiro atoms. The lowest BCUT2D eigenvalue weighted by molar-refractivity contribution is 0.174. The SMILES string of the molecule is C=CCO/N=C1\CCN(S(C)(=O)=O)c2oc(-c3sc(-c4cccnc4)nc3C)nc21. The molecule has 0 unspecified atom stereocenters. The lowest BCUT2D eigenvalue weighted by Gasteiger charge is -2.24. The summed E-state index contributed by atoms with van der Waals surface area (Å²) in [5.41, 5.74) is 2.48. The number of anilines is 1. The zero-order chi connectivity index (χ0) is 21.3. The standard InChI is InChI=1S/C19H19N5O4S2/c1-4-10-27-23-14-7-9-24(30(3,25)26)19-15(14)22-17(28-19)16-12(2)21-18(29-16)13-6-5-8-20-11-13/h4-6,8,11H,1,7,9-10H2,2-3H3/b23-14+. The second-order valence-corrected chi connectivity index (χ2v) is 9.46. The molecular formula is C19H19N5O4S2. The van der Waals surface area contributed by atoms with Gasteiger partial charge in [0, 0.05) is 30.9 Å². The molecule has 3 aromatic heterocycles. The minimum atomic E-state index is -3.54. The lowest BCUT2D eigenvalue weighted by Crippen LogP contribution is -2.36. The van der Waals surface area contributed by atoms with Gasteiger partial charge in [0.05, 0.1) is 11.9 Å². The third-order valence-electron chi connectivity index (χ3n) is 4.33. The monoisotopic (exact) mass is 445 g/mol. The van der Waals surface area contributed by atoms with Crippen molar-refractivity contribution in [3.63, 3.8) is 0 Å². The van der Waals surface area contributed by atoms with E-state index in [1.807, 2.05) is 19.1 Å². The van der Waals surface area contributed by atoms with Crippen molar-refractivity contribution in [2.45, 2.75) is 13.3 Å². The van der Waals surface area contributed by atoms with E-state index in [1.54, 1.807) is 18.5 Å². The van der Waals surface area contributed by atoms with Crippen LogP contribution >= 0.6 is 11.3 Å². The van der Waals surface area contributed by atoms with Crippen molar-refractivity contribution in [3.8, 4) is 21.3 Å². The van der Waals surface area contributed by atoms with Crippen molar-refractivity contribution in [2.75, 3.05) is 23.7 Å². The van der Waals surface area contributed by atoms with Crippen LogP contribution in [0.2, 0.25) is 0 Å². The number of hydrogen-bond acceptors (Lipinski definition) is 9. The Bertz CT molecular complexity index is 1220. The maximum atomic E-state index is 12.3. The second kappa shape index (κ2) is 8.00. The van der Waals surface area contributed by atoms with E-state index in [9.17, 15) is 8.42 Å². The molecule has 0 saturated heterocycles. The highest BCUT2D eigenvalue weighted by atomic mass is 32.2. The average Bonchev–Trinajstić information content (AvgIpc) is 3.32. The third kappa shape index (κ3) is 3.85. The van der Waals surface area contributed by atoms with E-state index in [-0.39, 0.29) is 24.9 Å². The van der Waals surface area contributed by atoms with Gasteiger partial charge in [-0.1, -0.05) is 17.8 Å². The van der Waals surface area contributed by atoms with Crippen LogP contribution in [0.15, 0.2) is 46.8 Å². The highest BCUT2D eigenvalue weighted by Crippen LogP contribution is 2.39. The fourth-order valence-corrected chi connectivity index (χ4v) is 4.80. The van der Waals surface area contributed by atoms with Gasteiger partial charge in [-0.2, -0.15) is 0 Å². The summed E-state index contributed by atoms with van der Waals surface area (Å²) in [4.78, 5) is 19.2. The van der Waals surface area contributed by atoms with Crippen molar-refractivity contribution in [1.82, 2.24) is 15.0 Å². The molecule has 0 atom stereocenters. The molecule has 0 fully saturated rings. The highest BCUT2D eigenvalue weighted by Gasteiger charge is 2.34. The molecule has 4 heterocycles. The van der Waals surface area contributed by atoms with Gasteiger partial charge in [0.15, 0.2) is 5.69 Å². The predicted octanol–water partition coefficient (Wildman–Crippen LogP) is 3.24. The molecule has 0 radical (unpaired) electrons. The first kappa shape index (κ1) is 20.2. The van der Waals surface area contributed by atoms with Crippen LogP contribution in [0.4, 0.5) is 5.88 Å². The van der Waals surface area contributed by atoms with E-state index in [4.69, 9.17) is 9.25 Å². The van der Waals surface area contributed by atoms with Crippen molar-refractivity contribution in [1.29, 1.82) is 0 Å². The molecular weight excluding hydrogens is 426 g/mol. The Morgan fingerprint density at radius 2 is 2.27 bits per heavy atom. The van der Waals surface area contributed by atoms with Gasteiger partial charge in [-0.3, -0.25) is 4.98 Å². The number of oxazole rings is 1. The number of aryl methyl sites for hydroxylation is 1. The van der Waals surface area contributed by atoms with Gasteiger partial charge >= 0.3 is 0 Å². The molecule has 0 amide bonds. The summed E-state index contributed by atoms with van der Waals surface area (Å²) >= 11 is 1.40. The summed E-state index contributed by atoms with van der Waals surface area (Å²) < 4.78 is 31.6. The normalized spacial score (nSPS) is 15.3. The molecule has 156 valence electrons. The fraction of sp³-hybridized carbons (Fsp3) is 0.263. The van der Waals surface area contributed by atoms with Crippen molar-refractivity contribution >= 4 is 33.0 Å². The molecule has 3 aromatic rings. The molecule has 11 heteroatoms. The maximum Gasteiger partial charge on any atom is 0.241 e. The highest BCUT2D eigenvalue weighted by molar-refractivity contribution is 7.92. The summed E-state index contributed by atoms with van der Waals surface area (Å²) in [7, 11) is -3.54. The number of rotatable bonds is 6. The van der Waals surface area contributed by atoms with Gasteiger partial charge in [0.1, 0.15) is 22.2 Å². The summed E-state index contributed by atoms with van der Waals surface area (Å²) in [6.45, 7) is 5.87. The van der Waals surface area contributed by atoms with Crippen molar-refractivity contribution in [2.24, 2.45) is 5.16 Å². The predicted molar refractivity (Wildman–Crippen MR) is 115 cm³/mol. The first-order valence-corrected chi connectivity index (χ1v) is 11.7. The molecule has 4 rings (SSSR count). The number of aromatic nitrogens is 3. The van der Waals surface area contributed by atoms with E-state index in [0.29, 0.717) is 22.7 Å². The Hall–Kier alpha value is -3.05. The van der Waals surface area contributed by atoms with Gasteiger partial charge < -0.3 is 9.25 Å². The quantitative estimate of drug-likeness (QED) is 0.325. The Balaban J connectivity index is 1.79. The van der Waals surface area contributed by atoms with Gasteiger partial charge in [-0.05, 0) is 19.1 Å². The Labute approximate surface area is 177 Å². The minimum absolute atomic E-state index is 0.135. The molecule has 0 aromatic carbocycles. The van der Waals surface area contributed by atoms with Crippen LogP contribution in [0.3, 0.4) is 0 Å². The van der Waals surface area contributed by atoms with E-state index in [0.717, 1.165) is 22.5 Å². The maximum absolute atomic E-state index is 12.3. The number of sulfonamides is 1.